The minimum absolute atomic E-state index is 0.0284. The van der Waals surface area contributed by atoms with Gasteiger partial charge in [-0.3, -0.25) is 0 Å². The summed E-state index contributed by atoms with van der Waals surface area (Å²) in [5.41, 5.74) is 0.716. The lowest BCUT2D eigenvalue weighted by Gasteiger charge is -2.08. The highest BCUT2D eigenvalue weighted by Gasteiger charge is 2.23. The van der Waals surface area contributed by atoms with Crippen molar-refractivity contribution < 1.29 is 22.3 Å². The fourth-order valence-electron chi connectivity index (χ4n) is 1.62. The van der Waals surface area contributed by atoms with Crippen molar-refractivity contribution in [1.82, 2.24) is 9.71 Å². The van der Waals surface area contributed by atoms with Crippen molar-refractivity contribution in [3.8, 4) is 0 Å². The number of aliphatic hydroxyl groups is 1. The number of aromatic nitrogens is 1. The van der Waals surface area contributed by atoms with E-state index in [1.165, 1.54) is 11.3 Å². The molecule has 2 aromatic rings. The lowest BCUT2D eigenvalue weighted by atomic mass is 10.2. The Bertz CT molecular complexity index is 760. The highest BCUT2D eigenvalue weighted by Crippen LogP contribution is 2.20. The number of aliphatic hydroxyl groups excluding tert-OH is 1. The van der Waals surface area contributed by atoms with E-state index in [1.54, 1.807) is 12.3 Å². The van der Waals surface area contributed by atoms with Gasteiger partial charge in [0, 0.05) is 11.1 Å². The van der Waals surface area contributed by atoms with Crippen LogP contribution in [0.25, 0.3) is 0 Å². The predicted octanol–water partition coefficient (Wildman–Crippen LogP) is 1.70. The van der Waals surface area contributed by atoms with Gasteiger partial charge < -0.3 is 5.11 Å². The van der Waals surface area contributed by atoms with Crippen LogP contribution in [0.3, 0.4) is 0 Å². The summed E-state index contributed by atoms with van der Waals surface area (Å²) >= 11 is 1.25. The molecule has 2 N–H and O–H groups in total. The van der Waals surface area contributed by atoms with Gasteiger partial charge in [-0.15, -0.1) is 11.3 Å². The van der Waals surface area contributed by atoms with Crippen LogP contribution in [0.15, 0.2) is 22.4 Å². The Morgan fingerprint density at radius 3 is 2.67 bits per heavy atom. The highest BCUT2D eigenvalue weighted by molar-refractivity contribution is 7.89. The second-order valence-electron chi connectivity index (χ2n) is 4.26. The van der Waals surface area contributed by atoms with Crippen molar-refractivity contribution in [2.75, 3.05) is 0 Å². The standard InChI is InChI=1S/C12H12F2N2O3S2/c1-7-6-20-11(16-7)4-15-21(18,19)10-3-8(5-17)2-9(13)12(10)14/h2-3,6,15,17H,4-5H2,1H3. The van der Waals surface area contributed by atoms with Gasteiger partial charge in [-0.25, -0.2) is 26.9 Å². The Balaban J connectivity index is 2.29. The monoisotopic (exact) mass is 334 g/mol. The molecule has 0 aliphatic rings. The van der Waals surface area contributed by atoms with E-state index < -0.39 is 33.2 Å². The first-order valence-corrected chi connectivity index (χ1v) is 8.19. The van der Waals surface area contributed by atoms with Gasteiger partial charge in [-0.1, -0.05) is 0 Å². The van der Waals surface area contributed by atoms with Gasteiger partial charge in [0.15, 0.2) is 11.6 Å². The van der Waals surface area contributed by atoms with Crippen molar-refractivity contribution in [1.29, 1.82) is 0 Å². The van der Waals surface area contributed by atoms with Gasteiger partial charge in [0.25, 0.3) is 0 Å². The van der Waals surface area contributed by atoms with Crippen LogP contribution in [0.2, 0.25) is 0 Å². The van der Waals surface area contributed by atoms with Crippen molar-refractivity contribution in [2.24, 2.45) is 0 Å². The van der Waals surface area contributed by atoms with Crippen LogP contribution in [0.5, 0.6) is 0 Å². The molecule has 0 fully saturated rings. The quantitative estimate of drug-likeness (QED) is 0.872. The van der Waals surface area contributed by atoms with Crippen LogP contribution in [-0.2, 0) is 23.2 Å². The molecule has 1 aromatic carbocycles. The number of nitrogens with zero attached hydrogens (tertiary/aromatic N) is 1. The number of benzene rings is 1. The Labute approximate surface area is 124 Å². The molecule has 0 aliphatic heterocycles. The number of hydrogen-bond acceptors (Lipinski definition) is 5. The molecule has 0 saturated heterocycles. The SMILES string of the molecule is Cc1csc(CNS(=O)(=O)c2cc(CO)cc(F)c2F)n1. The summed E-state index contributed by atoms with van der Waals surface area (Å²) in [6.45, 7) is 1.05. The zero-order valence-corrected chi connectivity index (χ0v) is 12.6. The van der Waals surface area contributed by atoms with Crippen LogP contribution >= 0.6 is 11.3 Å². The van der Waals surface area contributed by atoms with Gasteiger partial charge in [-0.2, -0.15) is 0 Å². The summed E-state index contributed by atoms with van der Waals surface area (Å²) < 4.78 is 53.2. The molecular weight excluding hydrogens is 322 g/mol. The Hall–Kier alpha value is -1.42. The van der Waals surface area contributed by atoms with E-state index in [9.17, 15) is 17.2 Å². The highest BCUT2D eigenvalue weighted by atomic mass is 32.2. The Kier molecular flexibility index (Phi) is 4.67. The van der Waals surface area contributed by atoms with Crippen LogP contribution < -0.4 is 4.72 Å². The fourth-order valence-corrected chi connectivity index (χ4v) is 3.55. The molecule has 0 aliphatic carbocycles. The number of sulfonamides is 1. The Morgan fingerprint density at radius 2 is 2.10 bits per heavy atom. The first kappa shape index (κ1) is 16.0. The van der Waals surface area contributed by atoms with Gasteiger partial charge in [0.05, 0.1) is 13.2 Å². The summed E-state index contributed by atoms with van der Waals surface area (Å²) in [7, 11) is -4.24. The molecule has 5 nitrogen and oxygen atoms in total. The summed E-state index contributed by atoms with van der Waals surface area (Å²) in [6, 6.07) is 1.65. The number of rotatable bonds is 5. The van der Waals surface area contributed by atoms with Gasteiger partial charge >= 0.3 is 0 Å². The molecule has 0 saturated carbocycles. The molecule has 114 valence electrons. The van der Waals surface area contributed by atoms with Gasteiger partial charge in [-0.05, 0) is 24.6 Å². The first-order valence-electron chi connectivity index (χ1n) is 5.83. The first-order chi connectivity index (χ1) is 9.83. The maximum absolute atomic E-state index is 13.7. The van der Waals surface area contributed by atoms with Crippen molar-refractivity contribution >= 4 is 21.4 Å². The molecule has 0 atom stereocenters. The van der Waals surface area contributed by atoms with Crippen LogP contribution in [0.1, 0.15) is 16.3 Å². The topological polar surface area (TPSA) is 79.3 Å². The third-order valence-electron chi connectivity index (χ3n) is 2.61. The minimum Gasteiger partial charge on any atom is -0.392 e. The van der Waals surface area contributed by atoms with E-state index in [2.05, 4.69) is 9.71 Å². The molecular formula is C12H12F2N2O3S2. The second-order valence-corrected chi connectivity index (χ2v) is 6.93. The summed E-state index contributed by atoms with van der Waals surface area (Å²) in [5.74, 6) is -2.80. The second kappa shape index (κ2) is 6.14. The number of nitrogens with one attached hydrogen (secondary N) is 1. The Morgan fingerprint density at radius 1 is 1.38 bits per heavy atom. The molecule has 0 amide bonds. The molecule has 0 unspecified atom stereocenters. The molecule has 2 rings (SSSR count). The maximum atomic E-state index is 13.7. The van der Waals surface area contributed by atoms with E-state index >= 15 is 0 Å². The maximum Gasteiger partial charge on any atom is 0.243 e. The smallest absolute Gasteiger partial charge is 0.243 e. The van der Waals surface area contributed by atoms with Gasteiger partial charge in [0.2, 0.25) is 10.0 Å². The van der Waals surface area contributed by atoms with E-state index in [4.69, 9.17) is 5.11 Å². The van der Waals surface area contributed by atoms with Crippen molar-refractivity contribution in [3.63, 3.8) is 0 Å². The normalized spacial score (nSPS) is 11.8. The molecule has 1 heterocycles. The lowest BCUT2D eigenvalue weighted by molar-refractivity contribution is 0.280. The number of thiazole rings is 1. The molecule has 9 heteroatoms. The number of halogens is 2. The average molecular weight is 334 g/mol. The third kappa shape index (κ3) is 3.62. The van der Waals surface area contributed by atoms with E-state index in [0.717, 1.165) is 17.8 Å². The van der Waals surface area contributed by atoms with Crippen LogP contribution in [0, 0.1) is 18.6 Å². The van der Waals surface area contributed by atoms with Crippen LogP contribution in [0.4, 0.5) is 8.78 Å². The molecule has 0 radical (unpaired) electrons. The lowest BCUT2D eigenvalue weighted by Crippen LogP contribution is -2.24. The molecule has 21 heavy (non-hydrogen) atoms. The number of hydrogen-bond donors (Lipinski definition) is 2. The average Bonchev–Trinajstić information content (AvgIpc) is 2.85. The van der Waals surface area contributed by atoms with Crippen LogP contribution in [-0.4, -0.2) is 18.5 Å². The van der Waals surface area contributed by atoms with Crippen molar-refractivity contribution in [2.45, 2.75) is 25.0 Å². The summed E-state index contributed by atoms with van der Waals surface area (Å²) in [5, 5.41) is 11.2. The molecule has 0 bridgehead atoms. The minimum atomic E-state index is -4.24. The third-order valence-corrected chi connectivity index (χ3v) is 4.97. The predicted molar refractivity (Wildman–Crippen MR) is 73.2 cm³/mol. The zero-order valence-electron chi connectivity index (χ0n) is 10.9. The largest absolute Gasteiger partial charge is 0.392 e. The molecule has 1 aromatic heterocycles. The van der Waals surface area contributed by atoms with E-state index in [1.807, 2.05) is 0 Å². The van der Waals surface area contributed by atoms with Crippen molar-refractivity contribution in [3.05, 3.63) is 45.4 Å². The zero-order chi connectivity index (χ0) is 15.6. The fraction of sp³-hybridized carbons (Fsp3) is 0.250. The van der Waals surface area contributed by atoms with E-state index in [-0.39, 0.29) is 12.1 Å². The molecule has 0 spiro atoms. The van der Waals surface area contributed by atoms with E-state index in [0.29, 0.717) is 5.01 Å². The summed E-state index contributed by atoms with van der Waals surface area (Å²) in [6.07, 6.45) is 0. The number of aryl methyl sites for hydroxylation is 1. The summed E-state index contributed by atoms with van der Waals surface area (Å²) in [4.78, 5) is 3.23. The van der Waals surface area contributed by atoms with Gasteiger partial charge in [0.1, 0.15) is 9.90 Å².